The maximum Gasteiger partial charge on any atom is 0.307 e. The topological polar surface area (TPSA) is 158 Å². The predicted octanol–water partition coefficient (Wildman–Crippen LogP) is 6.87. The molecule has 5 aliphatic rings. The highest BCUT2D eigenvalue weighted by Gasteiger charge is 2.63. The molecule has 1 unspecified atom stereocenters. The van der Waals surface area contributed by atoms with Gasteiger partial charge in [-0.2, -0.15) is 0 Å². The van der Waals surface area contributed by atoms with Gasteiger partial charge in [-0.15, -0.1) is 0 Å². The number of Topliss-reactive ketones (excluding diaryl/α,β-unsaturated/α-hetero) is 1. The summed E-state index contributed by atoms with van der Waals surface area (Å²) in [4.78, 5) is 63.5. The monoisotopic (exact) mass is 841 g/mol. The summed E-state index contributed by atoms with van der Waals surface area (Å²) in [6.07, 6.45) is 6.80. The lowest BCUT2D eigenvalue weighted by Gasteiger charge is -2.34. The number of pyridine rings is 1. The molecule has 0 bridgehead atoms. The molecule has 12 nitrogen and oxygen atoms in total. The van der Waals surface area contributed by atoms with Crippen LogP contribution in [-0.2, 0) is 40.4 Å². The molecule has 1 saturated heterocycles. The van der Waals surface area contributed by atoms with Crippen molar-refractivity contribution in [1.82, 2.24) is 14.6 Å². The van der Waals surface area contributed by atoms with E-state index in [4.69, 9.17) is 19.2 Å². The third-order valence-electron chi connectivity index (χ3n) is 13.6. The number of halogens is 2. The molecule has 3 fully saturated rings. The summed E-state index contributed by atoms with van der Waals surface area (Å²) in [6.45, 7) is 8.89. The van der Waals surface area contributed by atoms with Crippen LogP contribution in [0.3, 0.4) is 0 Å². The molecule has 59 heavy (non-hydrogen) atoms. The summed E-state index contributed by atoms with van der Waals surface area (Å²) in [6, 6.07) is 6.44. The first-order chi connectivity index (χ1) is 27.6. The van der Waals surface area contributed by atoms with Crippen LogP contribution in [0, 0.1) is 29.1 Å². The van der Waals surface area contributed by atoms with E-state index in [0.29, 0.717) is 69.1 Å². The van der Waals surface area contributed by atoms with Crippen molar-refractivity contribution < 1.29 is 50.6 Å². The van der Waals surface area contributed by atoms with Gasteiger partial charge in [0.25, 0.3) is 5.92 Å². The Bertz CT molecular complexity index is 2150. The number of hydrogen-bond acceptors (Lipinski definition) is 10. The lowest BCUT2D eigenvalue weighted by Crippen LogP contribution is -2.49. The number of sulfonamides is 1. The maximum absolute atomic E-state index is 15.0. The lowest BCUT2D eigenvalue weighted by molar-refractivity contribution is -0.197. The molecule has 7 atom stereocenters. The highest BCUT2D eigenvalue weighted by molar-refractivity contribution is 7.91. The molecule has 322 valence electrons. The highest BCUT2D eigenvalue weighted by Crippen LogP contribution is 2.58. The van der Waals surface area contributed by atoms with E-state index < -0.39 is 85.7 Å². The number of nitrogens with zero attached hydrogens (tertiary/aromatic N) is 2. The van der Waals surface area contributed by atoms with Crippen molar-refractivity contribution in [2.45, 2.75) is 141 Å². The Kier molecular flexibility index (Phi) is 11.4. The Morgan fingerprint density at radius 3 is 2.49 bits per heavy atom. The van der Waals surface area contributed by atoms with E-state index in [1.807, 2.05) is 50.3 Å². The van der Waals surface area contributed by atoms with Crippen LogP contribution in [0.15, 0.2) is 36.4 Å². The molecule has 4 heterocycles. The van der Waals surface area contributed by atoms with Gasteiger partial charge in [-0.05, 0) is 96.0 Å². The molecule has 2 saturated carbocycles. The van der Waals surface area contributed by atoms with Crippen LogP contribution < -0.4 is 14.2 Å². The van der Waals surface area contributed by atoms with E-state index >= 15 is 0 Å². The average molecular weight is 842 g/mol. The number of fused-ring (bicyclic) bond motifs is 5. The van der Waals surface area contributed by atoms with Gasteiger partial charge in [-0.1, -0.05) is 44.2 Å². The SMILES string of the molecule is C[C@H]1CC/C=C\[C@@H]2C[C@@]2(C(=O)NS(=O)(=O)C2(C)CC2)CC(=O)[C@@H]2C[C@@H](Oc3nc4c(c5ccccc35)OCCC4)CN2C(=O)C(CC(=O)OC(C)(C)C(C)(F)F)[C@H](C)C1. The van der Waals surface area contributed by atoms with Gasteiger partial charge < -0.3 is 19.1 Å². The van der Waals surface area contributed by atoms with Gasteiger partial charge in [0.15, 0.2) is 11.4 Å². The van der Waals surface area contributed by atoms with Gasteiger partial charge in [0.05, 0.1) is 47.4 Å². The molecule has 1 aromatic carbocycles. The van der Waals surface area contributed by atoms with Crippen LogP contribution in [0.25, 0.3) is 10.8 Å². The van der Waals surface area contributed by atoms with Crippen LogP contribution in [0.5, 0.6) is 11.6 Å². The number of amides is 2. The second-order valence-corrected chi connectivity index (χ2v) is 20.9. The number of benzene rings is 1. The number of alkyl halides is 2. The molecule has 1 N–H and O–H groups in total. The third kappa shape index (κ3) is 8.59. The third-order valence-corrected chi connectivity index (χ3v) is 15.8. The number of hydrogen-bond donors (Lipinski definition) is 1. The summed E-state index contributed by atoms with van der Waals surface area (Å²) in [7, 11) is -4.01. The summed E-state index contributed by atoms with van der Waals surface area (Å²) in [5.74, 6) is -6.74. The minimum Gasteiger partial charge on any atom is -0.491 e. The number of aromatic nitrogens is 1. The van der Waals surface area contributed by atoms with Gasteiger partial charge >= 0.3 is 5.97 Å². The fourth-order valence-electron chi connectivity index (χ4n) is 8.93. The molecule has 2 aliphatic carbocycles. The summed E-state index contributed by atoms with van der Waals surface area (Å²) in [5.41, 5.74) is -2.74. The van der Waals surface area contributed by atoms with Crippen molar-refractivity contribution in [3.8, 4) is 11.6 Å². The van der Waals surface area contributed by atoms with Crippen LogP contribution in [0.4, 0.5) is 8.78 Å². The van der Waals surface area contributed by atoms with Crippen molar-refractivity contribution in [2.75, 3.05) is 13.2 Å². The number of ketones is 1. The Labute approximate surface area is 345 Å². The number of allylic oxidation sites excluding steroid dienone is 2. The highest BCUT2D eigenvalue weighted by atomic mass is 32.2. The fraction of sp³-hybridized carbons (Fsp3) is 0.659. The van der Waals surface area contributed by atoms with Crippen molar-refractivity contribution in [3.05, 3.63) is 42.1 Å². The number of carbonyl (C=O) groups is 4. The number of nitrogens with one attached hydrogen (secondary N) is 1. The van der Waals surface area contributed by atoms with E-state index in [2.05, 4.69) is 4.72 Å². The fourth-order valence-corrected chi connectivity index (χ4v) is 10.3. The molecular weight excluding hydrogens is 785 g/mol. The molecular formula is C44H57F2N3O9S. The molecule has 7 rings (SSSR count). The summed E-state index contributed by atoms with van der Waals surface area (Å²) >= 11 is 0. The van der Waals surface area contributed by atoms with E-state index in [9.17, 15) is 36.4 Å². The lowest BCUT2D eigenvalue weighted by atomic mass is 9.82. The van der Waals surface area contributed by atoms with Gasteiger partial charge in [-0.25, -0.2) is 22.2 Å². The second kappa shape index (κ2) is 15.7. The number of carbonyl (C=O) groups excluding carboxylic acids is 4. The Morgan fingerprint density at radius 2 is 1.80 bits per heavy atom. The Balaban J connectivity index is 1.24. The normalized spacial score (nSPS) is 30.4. The first-order valence-electron chi connectivity index (χ1n) is 21.0. The minimum atomic E-state index is -4.01. The zero-order valence-corrected chi connectivity index (χ0v) is 35.7. The van der Waals surface area contributed by atoms with Crippen LogP contribution in [0.1, 0.15) is 111 Å². The van der Waals surface area contributed by atoms with Crippen molar-refractivity contribution in [1.29, 1.82) is 0 Å². The summed E-state index contributed by atoms with van der Waals surface area (Å²) < 4.78 is 74.7. The predicted molar refractivity (Wildman–Crippen MR) is 215 cm³/mol. The van der Waals surface area contributed by atoms with Crippen molar-refractivity contribution in [2.24, 2.45) is 29.1 Å². The molecule has 0 spiro atoms. The van der Waals surface area contributed by atoms with E-state index in [-0.39, 0.29) is 37.6 Å². The Hall–Kier alpha value is -4.14. The van der Waals surface area contributed by atoms with Crippen molar-refractivity contribution >= 4 is 44.4 Å². The number of esters is 1. The van der Waals surface area contributed by atoms with Gasteiger partial charge in [0.2, 0.25) is 27.7 Å². The molecule has 1 aromatic heterocycles. The summed E-state index contributed by atoms with van der Waals surface area (Å²) in [5, 5.41) is 1.52. The first kappa shape index (κ1) is 43.0. The largest absolute Gasteiger partial charge is 0.491 e. The molecule has 0 radical (unpaired) electrons. The average Bonchev–Trinajstić information content (AvgIpc) is 4.04. The molecule has 2 aromatic rings. The van der Waals surface area contributed by atoms with E-state index in [0.717, 1.165) is 31.3 Å². The minimum absolute atomic E-state index is 0.0414. The van der Waals surface area contributed by atoms with Crippen LogP contribution in [-0.4, -0.2) is 83.4 Å². The smallest absolute Gasteiger partial charge is 0.307 e. The van der Waals surface area contributed by atoms with Gasteiger partial charge in [0.1, 0.15) is 11.9 Å². The zero-order chi connectivity index (χ0) is 42.7. The number of ether oxygens (including phenoxy) is 3. The number of rotatable bonds is 9. The second-order valence-electron chi connectivity index (χ2n) is 18.7. The standard InChI is InChI=1S/C44H57F2N3O9S/c1-26-12-7-8-13-28-23-44(28,40(53)48-59(54,55)42(5)17-18-42)24-35(50)34-21-29(57-38-31-15-10-9-14-30(31)37-33(47-38)16-11-19-56-37)25-49(34)39(52)32(27(2)20-26)22-36(51)58-41(3,4)43(6,45)46/h8-10,13-15,26-29,32,34H,7,11-12,16-25H2,1-6H3,(H,48,53)/b13-8-/t26-,27+,28+,29+,32?,34-,44+/m0/s1. The Morgan fingerprint density at radius 1 is 1.08 bits per heavy atom. The zero-order valence-electron chi connectivity index (χ0n) is 34.9. The van der Waals surface area contributed by atoms with Crippen LogP contribution >= 0.6 is 0 Å². The molecule has 15 heteroatoms. The van der Waals surface area contributed by atoms with Crippen LogP contribution in [0.2, 0.25) is 0 Å². The van der Waals surface area contributed by atoms with E-state index in [1.165, 1.54) is 4.90 Å². The molecule has 3 aliphatic heterocycles. The number of aryl methyl sites for hydroxylation is 1. The maximum atomic E-state index is 15.0. The van der Waals surface area contributed by atoms with Gasteiger partial charge in [-0.3, -0.25) is 23.9 Å². The molecule has 2 amide bonds. The van der Waals surface area contributed by atoms with Gasteiger partial charge in [0, 0.05) is 30.5 Å². The van der Waals surface area contributed by atoms with E-state index in [1.54, 1.807) is 6.92 Å². The van der Waals surface area contributed by atoms with Crippen molar-refractivity contribution in [3.63, 3.8) is 0 Å². The first-order valence-corrected chi connectivity index (χ1v) is 22.5. The quantitative estimate of drug-likeness (QED) is 0.209.